The summed E-state index contributed by atoms with van der Waals surface area (Å²) in [7, 11) is 0. The van der Waals surface area contributed by atoms with Gasteiger partial charge in [0.15, 0.2) is 0 Å². The molecule has 0 aliphatic heterocycles. The molecule has 2 aromatic rings. The fourth-order valence-corrected chi connectivity index (χ4v) is 2.17. The lowest BCUT2D eigenvalue weighted by atomic mass is 9.87. The van der Waals surface area contributed by atoms with Gasteiger partial charge < -0.3 is 9.84 Å². The molecular weight excluding hydrogens is 300 g/mol. The van der Waals surface area contributed by atoms with Gasteiger partial charge in [-0.25, -0.2) is 4.79 Å². The molecule has 0 fully saturated rings. The molecule has 2 aromatic carbocycles. The molecular formula is C18H19ClO3. The molecule has 0 aliphatic carbocycles. The van der Waals surface area contributed by atoms with Gasteiger partial charge in [-0.3, -0.25) is 0 Å². The highest BCUT2D eigenvalue weighted by Gasteiger charge is 2.15. The molecule has 0 heterocycles. The van der Waals surface area contributed by atoms with Crippen molar-refractivity contribution in [3.63, 3.8) is 0 Å². The third kappa shape index (κ3) is 4.01. The van der Waals surface area contributed by atoms with Gasteiger partial charge in [-0.15, -0.1) is 0 Å². The third-order valence-electron chi connectivity index (χ3n) is 3.37. The quantitative estimate of drug-likeness (QED) is 0.834. The van der Waals surface area contributed by atoms with Crippen LogP contribution >= 0.6 is 11.6 Å². The zero-order valence-electron chi connectivity index (χ0n) is 12.9. The Morgan fingerprint density at radius 3 is 2.36 bits per heavy atom. The summed E-state index contributed by atoms with van der Waals surface area (Å²) in [4.78, 5) is 12.0. The highest BCUT2D eigenvalue weighted by Crippen LogP contribution is 2.24. The normalized spacial score (nSPS) is 11.3. The third-order valence-corrected chi connectivity index (χ3v) is 3.60. The van der Waals surface area contributed by atoms with Gasteiger partial charge in [-0.05, 0) is 34.7 Å². The molecule has 3 nitrogen and oxygen atoms in total. The van der Waals surface area contributed by atoms with Gasteiger partial charge in [0.2, 0.25) is 0 Å². The van der Waals surface area contributed by atoms with E-state index in [1.54, 1.807) is 0 Å². The van der Waals surface area contributed by atoms with Gasteiger partial charge in [0.05, 0.1) is 0 Å². The molecule has 2 rings (SSSR count). The van der Waals surface area contributed by atoms with Crippen LogP contribution < -0.4 is 0 Å². The number of phenolic OH excluding ortho intramolecular Hbond substituents is 1. The van der Waals surface area contributed by atoms with E-state index in [9.17, 15) is 9.90 Å². The maximum atomic E-state index is 12.0. The zero-order chi connectivity index (χ0) is 16.3. The van der Waals surface area contributed by atoms with E-state index in [-0.39, 0.29) is 23.3 Å². The summed E-state index contributed by atoms with van der Waals surface area (Å²) in [5, 5.41) is 10.0. The number of esters is 1. The largest absolute Gasteiger partial charge is 0.507 e. The first-order valence-electron chi connectivity index (χ1n) is 7.02. The van der Waals surface area contributed by atoms with E-state index in [1.807, 2.05) is 24.3 Å². The van der Waals surface area contributed by atoms with Crippen molar-refractivity contribution in [1.29, 1.82) is 0 Å². The van der Waals surface area contributed by atoms with Crippen molar-refractivity contribution < 1.29 is 14.6 Å². The van der Waals surface area contributed by atoms with E-state index >= 15 is 0 Å². The minimum Gasteiger partial charge on any atom is -0.507 e. The van der Waals surface area contributed by atoms with Gasteiger partial charge in [-0.2, -0.15) is 0 Å². The van der Waals surface area contributed by atoms with E-state index in [0.717, 1.165) is 5.56 Å². The van der Waals surface area contributed by atoms with Crippen LogP contribution in [0.4, 0.5) is 0 Å². The van der Waals surface area contributed by atoms with Gasteiger partial charge in [-0.1, -0.05) is 56.6 Å². The summed E-state index contributed by atoms with van der Waals surface area (Å²) in [5.41, 5.74) is 2.26. The Morgan fingerprint density at radius 2 is 1.77 bits per heavy atom. The lowest BCUT2D eigenvalue weighted by Gasteiger charge is -2.19. The van der Waals surface area contributed by atoms with Gasteiger partial charge in [0, 0.05) is 5.02 Å². The molecule has 0 aromatic heterocycles. The molecule has 0 unspecified atom stereocenters. The number of ether oxygens (including phenoxy) is 1. The SMILES string of the molecule is CC(C)(C)c1ccc(COC(=O)c2cc(Cl)ccc2O)cc1. The highest BCUT2D eigenvalue weighted by molar-refractivity contribution is 6.31. The predicted molar refractivity (Wildman–Crippen MR) is 87.4 cm³/mol. The number of carbonyl (C=O) groups is 1. The van der Waals surface area contributed by atoms with Gasteiger partial charge in [0.1, 0.15) is 17.9 Å². The van der Waals surface area contributed by atoms with E-state index in [4.69, 9.17) is 16.3 Å². The molecule has 0 atom stereocenters. The lowest BCUT2D eigenvalue weighted by molar-refractivity contribution is 0.0469. The van der Waals surface area contributed by atoms with Crippen molar-refractivity contribution in [1.82, 2.24) is 0 Å². The van der Waals surface area contributed by atoms with Crippen LogP contribution in [-0.4, -0.2) is 11.1 Å². The minimum absolute atomic E-state index is 0.0683. The van der Waals surface area contributed by atoms with Crippen LogP contribution in [0.3, 0.4) is 0 Å². The number of hydrogen-bond acceptors (Lipinski definition) is 3. The first-order valence-corrected chi connectivity index (χ1v) is 7.40. The number of hydrogen-bond donors (Lipinski definition) is 1. The molecule has 0 spiro atoms. The summed E-state index contributed by atoms with van der Waals surface area (Å²) in [6, 6.07) is 12.2. The van der Waals surface area contributed by atoms with Crippen molar-refractivity contribution in [2.75, 3.05) is 0 Å². The molecule has 4 heteroatoms. The monoisotopic (exact) mass is 318 g/mol. The Bertz CT molecular complexity index is 670. The maximum Gasteiger partial charge on any atom is 0.342 e. The second kappa shape index (κ2) is 6.41. The van der Waals surface area contributed by atoms with Crippen molar-refractivity contribution in [3.05, 3.63) is 64.2 Å². The number of aromatic hydroxyl groups is 1. The maximum absolute atomic E-state index is 12.0. The Balaban J connectivity index is 2.04. The van der Waals surface area contributed by atoms with Crippen molar-refractivity contribution in [3.8, 4) is 5.75 Å². The average Bonchev–Trinajstić information content (AvgIpc) is 2.47. The van der Waals surface area contributed by atoms with Crippen molar-refractivity contribution in [2.24, 2.45) is 0 Å². The lowest BCUT2D eigenvalue weighted by Crippen LogP contribution is -2.11. The van der Waals surface area contributed by atoms with E-state index in [1.165, 1.54) is 23.8 Å². The predicted octanol–water partition coefficient (Wildman–Crippen LogP) is 4.70. The van der Waals surface area contributed by atoms with Crippen LogP contribution in [0.5, 0.6) is 5.75 Å². The summed E-state index contributed by atoms with van der Waals surface area (Å²) in [5.74, 6) is -0.739. The Morgan fingerprint density at radius 1 is 1.14 bits per heavy atom. The van der Waals surface area contributed by atoms with E-state index < -0.39 is 5.97 Å². The number of carbonyl (C=O) groups excluding carboxylic acids is 1. The minimum atomic E-state index is -0.597. The molecule has 0 saturated carbocycles. The molecule has 0 radical (unpaired) electrons. The molecule has 0 saturated heterocycles. The standard InChI is InChI=1S/C18H19ClO3/c1-18(2,3)13-6-4-12(5-7-13)11-22-17(21)15-10-14(19)8-9-16(15)20/h4-10,20H,11H2,1-3H3. The van der Waals surface area contributed by atoms with Crippen LogP contribution in [0.1, 0.15) is 42.3 Å². The van der Waals surface area contributed by atoms with Crippen LogP contribution in [0.2, 0.25) is 5.02 Å². The van der Waals surface area contributed by atoms with Crippen LogP contribution in [0.25, 0.3) is 0 Å². The highest BCUT2D eigenvalue weighted by atomic mass is 35.5. The molecule has 22 heavy (non-hydrogen) atoms. The fraction of sp³-hybridized carbons (Fsp3) is 0.278. The Kier molecular flexibility index (Phi) is 4.77. The average molecular weight is 319 g/mol. The van der Waals surface area contributed by atoms with E-state index in [2.05, 4.69) is 20.8 Å². The summed E-state index contributed by atoms with van der Waals surface area (Å²) >= 11 is 5.82. The topological polar surface area (TPSA) is 46.5 Å². The second-order valence-corrected chi connectivity index (χ2v) is 6.62. The van der Waals surface area contributed by atoms with Crippen molar-refractivity contribution in [2.45, 2.75) is 32.8 Å². The number of phenols is 1. The first kappa shape index (κ1) is 16.4. The fourth-order valence-electron chi connectivity index (χ4n) is 2.00. The Labute approximate surface area is 135 Å². The zero-order valence-corrected chi connectivity index (χ0v) is 13.6. The van der Waals surface area contributed by atoms with Gasteiger partial charge in [0.25, 0.3) is 0 Å². The summed E-state index contributed by atoms with van der Waals surface area (Å²) in [6.45, 7) is 6.58. The van der Waals surface area contributed by atoms with Crippen molar-refractivity contribution >= 4 is 17.6 Å². The molecule has 0 amide bonds. The van der Waals surface area contributed by atoms with Crippen LogP contribution in [0, 0.1) is 0 Å². The summed E-state index contributed by atoms with van der Waals surface area (Å²) in [6.07, 6.45) is 0. The molecule has 116 valence electrons. The Hall–Kier alpha value is -2.00. The number of rotatable bonds is 3. The second-order valence-electron chi connectivity index (χ2n) is 6.18. The smallest absolute Gasteiger partial charge is 0.342 e. The van der Waals surface area contributed by atoms with Gasteiger partial charge >= 0.3 is 5.97 Å². The first-order chi connectivity index (χ1) is 10.3. The molecule has 1 N–H and O–H groups in total. The molecule has 0 aliphatic rings. The van der Waals surface area contributed by atoms with Crippen LogP contribution in [-0.2, 0) is 16.8 Å². The van der Waals surface area contributed by atoms with Crippen LogP contribution in [0.15, 0.2) is 42.5 Å². The van der Waals surface area contributed by atoms with E-state index in [0.29, 0.717) is 5.02 Å². The molecule has 0 bridgehead atoms. The number of benzene rings is 2. The number of halogens is 1. The summed E-state index contributed by atoms with van der Waals surface area (Å²) < 4.78 is 5.22.